The first-order valence-corrected chi connectivity index (χ1v) is 12.1. The fourth-order valence-electron chi connectivity index (χ4n) is 4.06. The Labute approximate surface area is 185 Å². The molecule has 0 spiro atoms. The molecule has 3 heterocycles. The molecule has 0 unspecified atom stereocenters. The molecule has 5 rings (SSSR count). The molecule has 2 aromatic carbocycles. The number of furan rings is 2. The van der Waals surface area contributed by atoms with Gasteiger partial charge in [-0.25, -0.2) is 8.42 Å². The highest BCUT2D eigenvalue weighted by Gasteiger charge is 2.35. The number of hydrogen-bond donors (Lipinski definition) is 0. The monoisotopic (exact) mass is 451 g/mol. The van der Waals surface area contributed by atoms with E-state index in [4.69, 9.17) is 13.6 Å². The van der Waals surface area contributed by atoms with E-state index in [0.717, 1.165) is 10.9 Å². The lowest BCUT2D eigenvalue weighted by atomic mass is 10.1. The molecule has 8 heteroatoms. The third-order valence-electron chi connectivity index (χ3n) is 5.57. The molecule has 0 N–H and O–H groups in total. The summed E-state index contributed by atoms with van der Waals surface area (Å²) < 4.78 is 40.9. The molecule has 0 saturated carbocycles. The van der Waals surface area contributed by atoms with Crippen molar-refractivity contribution >= 4 is 32.4 Å². The quantitative estimate of drug-likeness (QED) is 0.434. The summed E-state index contributed by atoms with van der Waals surface area (Å²) in [5, 5.41) is 0.812. The van der Waals surface area contributed by atoms with E-state index in [9.17, 15) is 13.2 Å². The molecule has 164 valence electrons. The fourth-order valence-corrected chi connectivity index (χ4v) is 5.76. The van der Waals surface area contributed by atoms with Crippen LogP contribution in [-0.4, -0.2) is 38.5 Å². The Morgan fingerprint density at radius 2 is 1.91 bits per heavy atom. The zero-order valence-corrected chi connectivity index (χ0v) is 18.0. The topological polar surface area (TPSA) is 90.0 Å². The normalized spacial score (nSPS) is 17.4. The second kappa shape index (κ2) is 8.20. The summed E-state index contributed by atoms with van der Waals surface area (Å²) in [5.74, 6) is 0.932. The van der Waals surface area contributed by atoms with E-state index in [1.54, 1.807) is 53.8 Å². The van der Waals surface area contributed by atoms with Crippen LogP contribution < -0.4 is 9.64 Å². The first kappa shape index (κ1) is 20.4. The van der Waals surface area contributed by atoms with E-state index < -0.39 is 15.9 Å². The summed E-state index contributed by atoms with van der Waals surface area (Å²) >= 11 is 0. The number of ether oxygens (including phenoxy) is 1. The summed E-state index contributed by atoms with van der Waals surface area (Å²) in [4.78, 5) is 14.7. The summed E-state index contributed by atoms with van der Waals surface area (Å²) in [6.07, 6.45) is 3.63. The van der Waals surface area contributed by atoms with E-state index in [0.29, 0.717) is 29.2 Å². The summed E-state index contributed by atoms with van der Waals surface area (Å²) in [6, 6.07) is 17.7. The van der Waals surface area contributed by atoms with Crippen molar-refractivity contribution in [1.82, 2.24) is 0 Å². The minimum Gasteiger partial charge on any atom is -0.484 e. The molecule has 0 radical (unpaired) electrons. The Balaban J connectivity index is 1.37. The lowest BCUT2D eigenvalue weighted by Gasteiger charge is -2.28. The van der Waals surface area contributed by atoms with Crippen LogP contribution in [0.4, 0.5) is 5.69 Å². The number of hydrogen-bond acceptors (Lipinski definition) is 6. The molecular formula is C24H21NO6S. The SMILES string of the molecule is O=C(COc1ccc2occ(-c3ccco3)c2c1)N(c1ccccc1)[C@H]1CCS(=O)(=O)C1. The van der Waals surface area contributed by atoms with Gasteiger partial charge in [-0.1, -0.05) is 18.2 Å². The number of carbonyl (C=O) groups excluding carboxylic acids is 1. The molecule has 7 nitrogen and oxygen atoms in total. The maximum Gasteiger partial charge on any atom is 0.265 e. The number of nitrogens with zero attached hydrogens (tertiary/aromatic N) is 1. The van der Waals surface area contributed by atoms with Crippen molar-refractivity contribution in [2.45, 2.75) is 12.5 Å². The van der Waals surface area contributed by atoms with E-state index in [1.807, 2.05) is 24.3 Å². The van der Waals surface area contributed by atoms with Crippen molar-refractivity contribution in [3.05, 3.63) is 73.2 Å². The number of sulfone groups is 1. The molecule has 1 atom stereocenters. The van der Waals surface area contributed by atoms with Crippen LogP contribution in [0.1, 0.15) is 6.42 Å². The number of carbonyl (C=O) groups is 1. The van der Waals surface area contributed by atoms with Crippen LogP contribution in [0, 0.1) is 0 Å². The summed E-state index contributed by atoms with van der Waals surface area (Å²) in [7, 11) is -3.15. The molecule has 2 aromatic heterocycles. The Kier molecular flexibility index (Phi) is 5.22. The van der Waals surface area contributed by atoms with E-state index in [-0.39, 0.29) is 24.0 Å². The highest BCUT2D eigenvalue weighted by Crippen LogP contribution is 2.33. The standard InChI is InChI=1S/C24H21NO6S/c26-24(25(17-5-2-1-3-6-17)18-10-12-32(27,28)16-18)15-30-19-8-9-23-20(13-19)21(14-31-23)22-7-4-11-29-22/h1-9,11,13-14,18H,10,12,15-16H2/t18-/m0/s1. The average Bonchev–Trinajstić information content (AvgIpc) is 3.53. The molecule has 1 saturated heterocycles. The van der Waals surface area contributed by atoms with Crippen LogP contribution in [0.15, 0.2) is 82.0 Å². The van der Waals surface area contributed by atoms with Gasteiger partial charge in [0, 0.05) is 11.1 Å². The number of fused-ring (bicyclic) bond motifs is 1. The van der Waals surface area contributed by atoms with Crippen molar-refractivity contribution < 1.29 is 26.8 Å². The molecule has 1 aliphatic heterocycles. The van der Waals surface area contributed by atoms with Crippen LogP contribution in [0.2, 0.25) is 0 Å². The first-order chi connectivity index (χ1) is 15.5. The van der Waals surface area contributed by atoms with Gasteiger partial charge in [-0.05, 0) is 48.9 Å². The smallest absolute Gasteiger partial charge is 0.265 e. The van der Waals surface area contributed by atoms with Gasteiger partial charge in [-0.3, -0.25) is 4.79 Å². The maximum absolute atomic E-state index is 13.2. The van der Waals surface area contributed by atoms with Gasteiger partial charge in [-0.15, -0.1) is 0 Å². The maximum atomic E-state index is 13.2. The number of anilines is 1. The fraction of sp³-hybridized carbons (Fsp3) is 0.208. The number of amides is 1. The molecule has 1 amide bonds. The summed E-state index contributed by atoms with van der Waals surface area (Å²) in [6.45, 7) is -0.217. The predicted molar refractivity (Wildman–Crippen MR) is 120 cm³/mol. The lowest BCUT2D eigenvalue weighted by molar-refractivity contribution is -0.121. The minimum absolute atomic E-state index is 0.0406. The predicted octanol–water partition coefficient (Wildman–Crippen LogP) is 4.29. The molecule has 4 aromatic rings. The van der Waals surface area contributed by atoms with Gasteiger partial charge in [0.05, 0.1) is 29.4 Å². The number of rotatable bonds is 6. The van der Waals surface area contributed by atoms with E-state index >= 15 is 0 Å². The molecule has 0 aliphatic carbocycles. The van der Waals surface area contributed by atoms with Gasteiger partial charge in [0.2, 0.25) is 0 Å². The van der Waals surface area contributed by atoms with E-state index in [1.165, 1.54) is 0 Å². The van der Waals surface area contributed by atoms with Gasteiger partial charge in [0.15, 0.2) is 16.4 Å². The molecular weight excluding hydrogens is 430 g/mol. The van der Waals surface area contributed by atoms with Gasteiger partial charge < -0.3 is 18.5 Å². The van der Waals surface area contributed by atoms with Gasteiger partial charge in [-0.2, -0.15) is 0 Å². The molecule has 32 heavy (non-hydrogen) atoms. The van der Waals surface area contributed by atoms with Crippen molar-refractivity contribution in [1.29, 1.82) is 0 Å². The zero-order chi connectivity index (χ0) is 22.1. The first-order valence-electron chi connectivity index (χ1n) is 10.3. The third kappa shape index (κ3) is 4.01. The molecule has 1 aliphatic rings. The number of benzene rings is 2. The van der Waals surface area contributed by atoms with Crippen molar-refractivity contribution in [2.75, 3.05) is 23.0 Å². The van der Waals surface area contributed by atoms with Crippen molar-refractivity contribution in [3.63, 3.8) is 0 Å². The second-order valence-electron chi connectivity index (χ2n) is 7.73. The molecule has 1 fully saturated rings. The Hall–Kier alpha value is -3.52. The van der Waals surface area contributed by atoms with Crippen molar-refractivity contribution in [3.8, 4) is 17.1 Å². The highest BCUT2D eigenvalue weighted by molar-refractivity contribution is 7.91. The zero-order valence-electron chi connectivity index (χ0n) is 17.1. The summed E-state index contributed by atoms with van der Waals surface area (Å²) in [5.41, 5.74) is 2.13. The van der Waals surface area contributed by atoms with E-state index in [2.05, 4.69) is 0 Å². The van der Waals surface area contributed by atoms with Gasteiger partial charge in [0.1, 0.15) is 23.4 Å². The number of para-hydroxylation sites is 1. The van der Waals surface area contributed by atoms with Crippen LogP contribution in [-0.2, 0) is 14.6 Å². The van der Waals surface area contributed by atoms with Crippen LogP contribution in [0.5, 0.6) is 5.75 Å². The molecule has 0 bridgehead atoms. The Morgan fingerprint density at radius 1 is 1.06 bits per heavy atom. The lowest BCUT2D eigenvalue weighted by Crippen LogP contribution is -2.43. The third-order valence-corrected chi connectivity index (χ3v) is 7.32. The largest absolute Gasteiger partial charge is 0.484 e. The van der Waals surface area contributed by atoms with Gasteiger partial charge >= 0.3 is 0 Å². The Bertz CT molecular complexity index is 1340. The van der Waals surface area contributed by atoms with Gasteiger partial charge in [0.25, 0.3) is 5.91 Å². The average molecular weight is 452 g/mol. The minimum atomic E-state index is -3.15. The van der Waals surface area contributed by atoms with Crippen LogP contribution in [0.3, 0.4) is 0 Å². The Morgan fingerprint density at radius 3 is 2.62 bits per heavy atom. The van der Waals surface area contributed by atoms with Crippen LogP contribution in [0.25, 0.3) is 22.3 Å². The highest BCUT2D eigenvalue weighted by atomic mass is 32.2. The van der Waals surface area contributed by atoms with Crippen molar-refractivity contribution in [2.24, 2.45) is 0 Å². The van der Waals surface area contributed by atoms with Crippen LogP contribution >= 0.6 is 0 Å². The second-order valence-corrected chi connectivity index (χ2v) is 9.96.